The van der Waals surface area contributed by atoms with Gasteiger partial charge in [-0.15, -0.1) is 0 Å². The average Bonchev–Trinajstić information content (AvgIpc) is 1.90. The highest BCUT2D eigenvalue weighted by Gasteiger charge is 1.75. The number of benzene rings is 1. The maximum atomic E-state index is 3.63. The highest BCUT2D eigenvalue weighted by atomic mass is 19.0. The fraction of sp³-hybridized carbons (Fsp3) is 0. The van der Waals surface area contributed by atoms with Crippen LogP contribution in [-0.2, 0) is 0 Å². The first-order valence-electron chi connectivity index (χ1n) is 2.61. The van der Waals surface area contributed by atoms with Crippen molar-refractivity contribution in [3.63, 3.8) is 0 Å². The lowest BCUT2D eigenvalue weighted by Crippen LogP contribution is -1.63. The molecule has 0 heterocycles. The van der Waals surface area contributed by atoms with E-state index >= 15 is 0 Å². The molecule has 13 heavy (non-hydrogen) atoms. The SMILES string of the molecule is C=Cc1ccccc1.F.F.F.F.F. The van der Waals surface area contributed by atoms with Gasteiger partial charge in [-0.1, -0.05) is 43.0 Å². The molecule has 0 nitrogen and oxygen atoms in total. The lowest BCUT2D eigenvalue weighted by molar-refractivity contribution is 1.11. The van der Waals surface area contributed by atoms with Gasteiger partial charge in [0, 0.05) is 0 Å². The molecule has 1 aromatic rings. The average molecular weight is 204 g/mol. The molecule has 80 valence electrons. The topological polar surface area (TPSA) is 0 Å². The summed E-state index contributed by atoms with van der Waals surface area (Å²) in [6.07, 6.45) is 1.83. The lowest BCUT2D eigenvalue weighted by atomic mass is 10.2. The third kappa shape index (κ3) is 10.6. The van der Waals surface area contributed by atoms with Crippen molar-refractivity contribution in [3.8, 4) is 0 Å². The van der Waals surface area contributed by atoms with Gasteiger partial charge in [0.15, 0.2) is 0 Å². The number of rotatable bonds is 1. The van der Waals surface area contributed by atoms with Crippen LogP contribution in [0.2, 0.25) is 0 Å². The van der Waals surface area contributed by atoms with E-state index in [2.05, 4.69) is 6.58 Å². The van der Waals surface area contributed by atoms with E-state index in [-0.39, 0.29) is 23.5 Å². The minimum absolute atomic E-state index is 0. The highest BCUT2D eigenvalue weighted by Crippen LogP contribution is 1.97. The van der Waals surface area contributed by atoms with Gasteiger partial charge in [0.25, 0.3) is 0 Å². The molecular weight excluding hydrogens is 191 g/mol. The smallest absolute Gasteiger partial charge is 0.0263 e. The first-order chi connectivity index (χ1) is 3.93. The normalized spacial score (nSPS) is 5.23. The molecule has 0 aliphatic rings. The zero-order valence-corrected chi connectivity index (χ0v) is 6.71. The van der Waals surface area contributed by atoms with Crippen LogP contribution in [0.4, 0.5) is 23.5 Å². The predicted octanol–water partition coefficient (Wildman–Crippen LogP) is 3.09. The Labute approximate surface area is 73.1 Å². The van der Waals surface area contributed by atoms with E-state index in [1.165, 1.54) is 5.56 Å². The van der Waals surface area contributed by atoms with Crippen molar-refractivity contribution < 1.29 is 23.5 Å². The molecule has 0 bridgehead atoms. The van der Waals surface area contributed by atoms with Gasteiger partial charge in [0.2, 0.25) is 0 Å². The molecule has 1 rings (SSSR count). The Morgan fingerprint density at radius 2 is 1.15 bits per heavy atom. The molecule has 0 atom stereocenters. The van der Waals surface area contributed by atoms with Gasteiger partial charge in [-0.25, -0.2) is 0 Å². The molecule has 0 amide bonds. The van der Waals surface area contributed by atoms with Crippen LogP contribution in [0.15, 0.2) is 36.9 Å². The van der Waals surface area contributed by atoms with Gasteiger partial charge in [-0.2, -0.15) is 0 Å². The highest BCUT2D eigenvalue weighted by molar-refractivity contribution is 5.45. The van der Waals surface area contributed by atoms with Crippen molar-refractivity contribution in [3.05, 3.63) is 42.5 Å². The Morgan fingerprint density at radius 1 is 0.769 bits per heavy atom. The minimum Gasteiger partial charge on any atom is -0.269 e. The van der Waals surface area contributed by atoms with Crippen LogP contribution in [0.25, 0.3) is 6.08 Å². The standard InChI is InChI=1S/C8H8.5FH/c1-2-8-6-4-3-5-7-8;;;;;/h2-7H,1H2;5*1H. The summed E-state index contributed by atoms with van der Waals surface area (Å²) < 4.78 is 0. The van der Waals surface area contributed by atoms with Crippen LogP contribution >= 0.6 is 0 Å². The third-order valence-corrected chi connectivity index (χ3v) is 1.04. The summed E-state index contributed by atoms with van der Waals surface area (Å²) >= 11 is 0. The summed E-state index contributed by atoms with van der Waals surface area (Å²) in [6, 6.07) is 10.0. The second-order valence-electron chi connectivity index (χ2n) is 1.61. The Balaban J connectivity index is -0.0000000427. The maximum absolute atomic E-state index is 3.63. The third-order valence-electron chi connectivity index (χ3n) is 1.04. The first kappa shape index (κ1) is 29.9. The second kappa shape index (κ2) is 16.9. The molecule has 0 aliphatic carbocycles. The number of halogens is 5. The molecule has 0 spiro atoms. The van der Waals surface area contributed by atoms with Crippen molar-refractivity contribution in [2.24, 2.45) is 0 Å². The minimum atomic E-state index is 0. The summed E-state index contributed by atoms with van der Waals surface area (Å²) in [5.74, 6) is 0. The zero-order chi connectivity index (χ0) is 5.82. The molecule has 0 saturated heterocycles. The summed E-state index contributed by atoms with van der Waals surface area (Å²) in [5.41, 5.74) is 1.17. The van der Waals surface area contributed by atoms with E-state index in [1.54, 1.807) is 0 Å². The van der Waals surface area contributed by atoms with Gasteiger partial charge in [0.05, 0.1) is 0 Å². The molecule has 0 aliphatic heterocycles. The molecule has 5 heteroatoms. The van der Waals surface area contributed by atoms with Gasteiger partial charge < -0.3 is 0 Å². The van der Waals surface area contributed by atoms with Gasteiger partial charge in [-0.05, 0) is 5.56 Å². The van der Waals surface area contributed by atoms with E-state index < -0.39 is 0 Å². The maximum Gasteiger partial charge on any atom is -0.0263 e. The largest absolute Gasteiger partial charge is 0.269 e. The second-order valence-corrected chi connectivity index (χ2v) is 1.61. The van der Waals surface area contributed by atoms with Crippen molar-refractivity contribution in [2.75, 3.05) is 0 Å². The van der Waals surface area contributed by atoms with Crippen LogP contribution in [0, 0.1) is 0 Å². The Morgan fingerprint density at radius 3 is 1.38 bits per heavy atom. The van der Waals surface area contributed by atoms with Crippen LogP contribution in [0.1, 0.15) is 5.56 Å². The van der Waals surface area contributed by atoms with E-state index in [0.29, 0.717) is 0 Å². The fourth-order valence-electron chi connectivity index (χ4n) is 0.589. The Kier molecular flexibility index (Phi) is 38.9. The quantitative estimate of drug-likeness (QED) is 0.616. The number of hydrogen-bond acceptors (Lipinski definition) is 0. The summed E-state index contributed by atoms with van der Waals surface area (Å²) in [4.78, 5) is 0. The summed E-state index contributed by atoms with van der Waals surface area (Å²) in [5, 5.41) is 0. The Bertz CT molecular complexity index is 175. The van der Waals surface area contributed by atoms with Crippen LogP contribution in [-0.4, -0.2) is 0 Å². The fourth-order valence-corrected chi connectivity index (χ4v) is 0.589. The van der Waals surface area contributed by atoms with E-state index in [1.807, 2.05) is 36.4 Å². The van der Waals surface area contributed by atoms with E-state index in [0.717, 1.165) is 0 Å². The van der Waals surface area contributed by atoms with Crippen LogP contribution in [0.3, 0.4) is 0 Å². The summed E-state index contributed by atoms with van der Waals surface area (Å²) in [7, 11) is 0. The van der Waals surface area contributed by atoms with Gasteiger partial charge in [0.1, 0.15) is 0 Å². The number of hydrogen-bond donors (Lipinski definition) is 0. The molecule has 0 radical (unpaired) electrons. The van der Waals surface area contributed by atoms with Crippen molar-refractivity contribution in [2.45, 2.75) is 0 Å². The lowest BCUT2D eigenvalue weighted by Gasteiger charge is -1.85. The molecular formula is C8H13F5. The molecule has 0 aromatic heterocycles. The van der Waals surface area contributed by atoms with Crippen molar-refractivity contribution >= 4 is 6.08 Å². The van der Waals surface area contributed by atoms with Crippen LogP contribution < -0.4 is 0 Å². The zero-order valence-electron chi connectivity index (χ0n) is 6.71. The molecule has 0 saturated carbocycles. The first-order valence-corrected chi connectivity index (χ1v) is 2.61. The molecule has 0 N–H and O–H groups in total. The van der Waals surface area contributed by atoms with Crippen molar-refractivity contribution in [1.29, 1.82) is 0 Å². The Hall–Kier alpha value is -1.39. The van der Waals surface area contributed by atoms with Gasteiger partial charge in [-0.3, -0.25) is 23.5 Å². The molecule has 0 fully saturated rings. The summed E-state index contributed by atoms with van der Waals surface area (Å²) in [6.45, 7) is 3.63. The van der Waals surface area contributed by atoms with Gasteiger partial charge >= 0.3 is 0 Å². The van der Waals surface area contributed by atoms with Crippen molar-refractivity contribution in [1.82, 2.24) is 0 Å². The van der Waals surface area contributed by atoms with E-state index in [9.17, 15) is 0 Å². The van der Waals surface area contributed by atoms with Crippen LogP contribution in [0.5, 0.6) is 0 Å². The van der Waals surface area contributed by atoms with E-state index in [4.69, 9.17) is 0 Å². The molecule has 0 unspecified atom stereocenters. The monoisotopic (exact) mass is 204 g/mol. The molecule has 1 aromatic carbocycles. The predicted molar refractivity (Wildman–Crippen MR) is 49.0 cm³/mol.